The summed E-state index contributed by atoms with van der Waals surface area (Å²) in [5, 5.41) is 34.6. The fourth-order valence-electron chi connectivity index (χ4n) is 3.23. The van der Waals surface area contributed by atoms with Gasteiger partial charge in [0.05, 0.1) is 4.24 Å². The van der Waals surface area contributed by atoms with E-state index in [4.69, 9.17) is 49.8 Å². The van der Waals surface area contributed by atoms with Gasteiger partial charge in [0.25, 0.3) is 2.90 Å². The predicted molar refractivity (Wildman–Crippen MR) is 210 cm³/mol. The van der Waals surface area contributed by atoms with Gasteiger partial charge in [0.2, 0.25) is 13.7 Å². The third-order valence-corrected chi connectivity index (χ3v) is 5.54. The van der Waals surface area contributed by atoms with E-state index >= 15 is 0 Å². The van der Waals surface area contributed by atoms with E-state index in [1.165, 1.54) is 26.9 Å². The van der Waals surface area contributed by atoms with Gasteiger partial charge in [-0.25, -0.2) is 13.2 Å². The number of carbonyl (C=O) groups is 3. The quantitative estimate of drug-likeness (QED) is 0.0734. The number of phenols is 1. The molecule has 0 amide bonds. The standard InChI is InChI=1S/2C10H12FNO3.C9H11NO3.CH2Br2.CH2BrF.2CH4.2FH.Na.H2O/c2*11-6-15-8-3-1-7(2-4-8)5-9(12)10(13)14;10-8(9(12)13)5-6-1-3-7(11)4-2-6;2*2-1-3;;;;;;/h2*1-4,9H,5-6,12H2,(H,13,14);1-4,8,11H,5,10H2,(H,12,13);2*1H2;2*1H4;2*1H;;1H2/q;;;;;;;;;+1;/p-1/t2*9-;8-;;;;;;;;/m111......../s1/i2*11-1;;;3-1;2*1T;;;;/hD2. The van der Waals surface area contributed by atoms with Crippen LogP contribution in [0.25, 0.3) is 0 Å². The van der Waals surface area contributed by atoms with E-state index in [-0.39, 0.29) is 60.0 Å². The predicted octanol–water partition coefficient (Wildman–Crippen LogP) is 3.69. The molecule has 0 bridgehead atoms. The number of carboxylic acid groups (broad SMARTS) is 3. The first-order chi connectivity index (χ1) is 27.2. The van der Waals surface area contributed by atoms with Gasteiger partial charge < -0.3 is 52.6 Å². The van der Waals surface area contributed by atoms with E-state index in [1.807, 2.05) is 0 Å². The van der Waals surface area contributed by atoms with Gasteiger partial charge in [-0.15, -0.1) is 0 Å². The second kappa shape index (κ2) is 44.1. The van der Waals surface area contributed by atoms with Crippen molar-refractivity contribution in [1.29, 1.82) is 2.90 Å². The molecule has 3 atom stereocenters. The molecule has 0 saturated carbocycles. The van der Waals surface area contributed by atoms with Crippen LogP contribution in [0.3, 0.4) is 0 Å². The van der Waals surface area contributed by atoms with Crippen LogP contribution in [0.2, 0.25) is 0 Å². The first-order valence-electron chi connectivity index (χ1n) is 16.5. The van der Waals surface area contributed by atoms with Gasteiger partial charge in [0, 0.05) is 2.74 Å². The van der Waals surface area contributed by atoms with Crippen molar-refractivity contribution in [2.45, 2.75) is 52.2 Å². The molecule has 0 aliphatic carbocycles. The third-order valence-electron chi connectivity index (χ3n) is 5.54. The molecule has 0 aromatic heterocycles. The van der Waals surface area contributed by atoms with E-state index in [1.54, 1.807) is 60.7 Å². The maximum absolute atomic E-state index is 11.8. The van der Waals surface area contributed by atoms with Gasteiger partial charge in [0.15, 0.2) is 0 Å². The molecule has 0 radical (unpaired) electrons. The van der Waals surface area contributed by atoms with E-state index in [2.05, 4.69) is 60.2 Å². The van der Waals surface area contributed by atoms with Crippen LogP contribution in [-0.2, 0) is 33.6 Å². The Balaban J connectivity index is -0.0000000940. The molecule has 3 aromatic carbocycles. The van der Waals surface area contributed by atoms with Crippen LogP contribution < -0.4 is 56.2 Å². The molecule has 22 heteroatoms. The Hall–Kier alpha value is -2.60. The maximum atomic E-state index is 11.8. The molecule has 0 fully saturated rings. The van der Waals surface area contributed by atoms with Crippen molar-refractivity contribution in [2.24, 2.45) is 17.2 Å². The summed E-state index contributed by atoms with van der Waals surface area (Å²) in [5.41, 5.74) is 17.9. The first-order valence-corrected chi connectivity index (χ1v) is 17.1. The molecule has 0 aliphatic rings. The summed E-state index contributed by atoms with van der Waals surface area (Å²) in [7, 11) is 2.50. The van der Waals surface area contributed by atoms with Gasteiger partial charge in [0.1, 0.15) is 41.0 Å². The van der Waals surface area contributed by atoms with E-state index in [9.17, 15) is 27.6 Å². The summed E-state index contributed by atoms with van der Waals surface area (Å²) in [6, 6.07) is 16.5. The number of nitrogens with two attached hydrogens (primary N) is 3. The Kier molecular flexibility index (Phi) is 47.4. The molecule has 0 heterocycles. The minimum atomic E-state index is -1.04. The molecule has 13 nitrogen and oxygen atoms in total. The summed E-state index contributed by atoms with van der Waals surface area (Å²) < 4.78 is 81.3. The molecular formula is C33H50Br3F5N3NaO10. The number of phenolic OH excluding ortho intramolecular Hbond substituents is 1. The SMILES string of the molecule is BrCBr.N[C@H](Cc1ccc(O)cc1)C(=O)O.N[C@H](Cc1ccc(OC[18F])cc1)C(=O)O.N[C@H](Cc1ccc(OC[18F])cc1)C(=O)O.[18F]CBr.[2H]F.[2H]F.[3H]C.[3H]C.[Na+].[OH-]. The zero-order valence-corrected chi connectivity index (χ0v) is 36.9. The molecule has 0 unspecified atom stereocenters. The normalized spacial score (nSPS) is 10.7. The Labute approximate surface area is 370 Å². The summed E-state index contributed by atoms with van der Waals surface area (Å²) in [4.78, 5) is 31.3. The number of benzene rings is 3. The molecular weight excluding hydrogens is 953 g/mol. The van der Waals surface area contributed by atoms with Crippen LogP contribution in [-0.4, -0.2) is 88.4 Å². The Morgan fingerprint density at radius 1 is 0.655 bits per heavy atom. The average molecular weight is 1010 g/mol. The molecule has 0 saturated heterocycles. The van der Waals surface area contributed by atoms with Crippen LogP contribution >= 0.6 is 47.8 Å². The Bertz CT molecular complexity index is 1290. The van der Waals surface area contributed by atoms with Gasteiger partial charge in [-0.3, -0.25) is 23.8 Å². The van der Waals surface area contributed by atoms with Crippen molar-refractivity contribution in [2.75, 3.05) is 23.5 Å². The van der Waals surface area contributed by atoms with Crippen LogP contribution in [0.1, 0.15) is 34.2 Å². The molecule has 3 rings (SSSR count). The number of alkyl halides is 6. The number of aromatic hydroxyl groups is 1. The van der Waals surface area contributed by atoms with Crippen LogP contribution in [0, 0.1) is 0 Å². The van der Waals surface area contributed by atoms with Gasteiger partial charge in [-0.1, -0.05) is 99.0 Å². The van der Waals surface area contributed by atoms with E-state index < -0.39 is 55.3 Å². The van der Waals surface area contributed by atoms with Crippen molar-refractivity contribution < 1.29 is 105 Å². The fourth-order valence-corrected chi connectivity index (χ4v) is 3.23. The number of halogens is 8. The number of hydrogen-bond donors (Lipinski definition) is 7. The molecule has 314 valence electrons. The summed E-state index contributed by atoms with van der Waals surface area (Å²) >= 11 is 8.60. The van der Waals surface area contributed by atoms with Crippen molar-refractivity contribution in [3.63, 3.8) is 0 Å². The molecule has 3 aromatic rings. The number of hydrogen-bond acceptors (Lipinski definition) is 10. The molecule has 0 aliphatic heterocycles. The Morgan fingerprint density at radius 3 is 1.04 bits per heavy atom. The topological polar surface area (TPSA) is 259 Å². The average Bonchev–Trinajstić information content (AvgIpc) is 3.21. The minimum absolute atomic E-state index is 0. The van der Waals surface area contributed by atoms with Crippen LogP contribution in [0.15, 0.2) is 72.8 Å². The smallest absolute Gasteiger partial charge is 0.870 e. The van der Waals surface area contributed by atoms with Crippen LogP contribution in [0.4, 0.5) is 22.6 Å². The zero-order chi connectivity index (χ0) is 45.8. The third kappa shape index (κ3) is 38.1. The fraction of sp³-hybridized carbons (Fsp3) is 0.364. The number of rotatable bonds is 13. The van der Waals surface area contributed by atoms with Crippen molar-refractivity contribution in [3.8, 4) is 17.2 Å². The van der Waals surface area contributed by atoms with Crippen molar-refractivity contribution in [3.05, 3.63) is 89.5 Å². The summed E-state index contributed by atoms with van der Waals surface area (Å²) in [6.45, 7) is -1.76. The van der Waals surface area contributed by atoms with Gasteiger partial charge in [-0.05, 0) is 72.4 Å². The number of aliphatic carboxylic acids is 3. The summed E-state index contributed by atoms with van der Waals surface area (Å²) in [5.74, 6) is -2.13. The summed E-state index contributed by atoms with van der Waals surface area (Å²) in [6.07, 6.45) is 0.756. The molecule has 55 heavy (non-hydrogen) atoms. The molecule has 0 spiro atoms. The monoisotopic (exact) mass is 1010 g/mol. The van der Waals surface area contributed by atoms with Crippen molar-refractivity contribution in [1.82, 2.24) is 0 Å². The first kappa shape index (κ1) is 59.1. The molecule has 11 N–H and O–H groups in total. The number of ether oxygens (including phenoxy) is 2. The van der Waals surface area contributed by atoms with E-state index in [0.29, 0.717) is 11.5 Å². The van der Waals surface area contributed by atoms with Crippen molar-refractivity contribution >= 4 is 65.7 Å². The van der Waals surface area contributed by atoms with Crippen LogP contribution in [0.5, 0.6) is 17.2 Å². The Morgan fingerprint density at radius 2 is 0.855 bits per heavy atom. The second-order valence-corrected chi connectivity index (χ2v) is 12.2. The van der Waals surface area contributed by atoms with Gasteiger partial charge in [-0.2, -0.15) is 0 Å². The number of carboxylic acids is 3. The maximum Gasteiger partial charge on any atom is 1.00 e. The largest absolute Gasteiger partial charge is 1.00 e. The minimum Gasteiger partial charge on any atom is -0.870 e. The van der Waals surface area contributed by atoms with Gasteiger partial charge >= 0.3 is 47.5 Å². The zero-order valence-electron chi connectivity index (χ0n) is 34.1. The second-order valence-electron chi connectivity index (χ2n) is 9.11. The van der Waals surface area contributed by atoms with E-state index in [0.717, 1.165) is 20.9 Å².